The van der Waals surface area contributed by atoms with Gasteiger partial charge in [0.15, 0.2) is 0 Å². The van der Waals surface area contributed by atoms with Gasteiger partial charge < -0.3 is 10.1 Å². The molecule has 146 valence electrons. The highest BCUT2D eigenvalue weighted by Crippen LogP contribution is 2.18. The van der Waals surface area contributed by atoms with Crippen molar-refractivity contribution in [2.75, 3.05) is 6.54 Å². The number of benzene rings is 2. The molecule has 0 saturated carbocycles. The summed E-state index contributed by atoms with van der Waals surface area (Å²) in [6, 6.07) is 14.7. The number of ether oxygens (including phenoxy) is 1. The SMILES string of the molecule is Cc1nn(CCCNC(=O)c2cccc(COc3cccc(Cl)c3)c2)cc1Br. The fraction of sp³-hybridized carbons (Fsp3) is 0.238. The van der Waals surface area contributed by atoms with E-state index in [-0.39, 0.29) is 5.91 Å². The van der Waals surface area contributed by atoms with Crippen molar-refractivity contribution in [3.8, 4) is 5.75 Å². The molecule has 0 atom stereocenters. The monoisotopic (exact) mass is 461 g/mol. The lowest BCUT2D eigenvalue weighted by Gasteiger charge is -2.09. The van der Waals surface area contributed by atoms with Crippen LogP contribution in [0.25, 0.3) is 0 Å². The zero-order chi connectivity index (χ0) is 19.9. The van der Waals surface area contributed by atoms with Crippen molar-refractivity contribution < 1.29 is 9.53 Å². The molecule has 0 fully saturated rings. The number of carbonyl (C=O) groups excluding carboxylic acids is 1. The Hall–Kier alpha value is -2.31. The number of halogens is 2. The van der Waals surface area contributed by atoms with Crippen LogP contribution in [0.3, 0.4) is 0 Å². The smallest absolute Gasteiger partial charge is 0.251 e. The normalized spacial score (nSPS) is 10.7. The molecule has 0 aliphatic carbocycles. The van der Waals surface area contributed by atoms with Crippen molar-refractivity contribution in [3.63, 3.8) is 0 Å². The Kier molecular flexibility index (Phi) is 7.12. The third-order valence-electron chi connectivity index (χ3n) is 4.13. The molecule has 2 aromatic carbocycles. The number of amides is 1. The first-order chi connectivity index (χ1) is 13.5. The van der Waals surface area contributed by atoms with E-state index < -0.39 is 0 Å². The summed E-state index contributed by atoms with van der Waals surface area (Å²) in [5, 5.41) is 7.96. The lowest BCUT2D eigenvalue weighted by molar-refractivity contribution is 0.0952. The van der Waals surface area contributed by atoms with Gasteiger partial charge >= 0.3 is 0 Å². The maximum Gasteiger partial charge on any atom is 0.251 e. The number of hydrogen-bond acceptors (Lipinski definition) is 3. The Morgan fingerprint density at radius 3 is 2.82 bits per heavy atom. The van der Waals surface area contributed by atoms with Crippen LogP contribution in [0.5, 0.6) is 5.75 Å². The standard InChI is InChI=1S/C21H21BrClN3O2/c1-15-20(22)13-26(25-15)10-4-9-24-21(27)17-6-2-5-16(11-17)14-28-19-8-3-7-18(23)12-19/h2-3,5-8,11-13H,4,9-10,14H2,1H3,(H,24,27). The molecule has 3 aromatic rings. The molecule has 28 heavy (non-hydrogen) atoms. The van der Waals surface area contributed by atoms with Crippen molar-refractivity contribution in [2.24, 2.45) is 0 Å². The summed E-state index contributed by atoms with van der Waals surface area (Å²) in [7, 11) is 0. The number of nitrogens with zero attached hydrogens (tertiary/aromatic N) is 2. The molecule has 0 bridgehead atoms. The minimum atomic E-state index is -0.0950. The van der Waals surface area contributed by atoms with Crippen LogP contribution in [0.15, 0.2) is 59.2 Å². The van der Waals surface area contributed by atoms with E-state index in [1.54, 1.807) is 18.2 Å². The largest absolute Gasteiger partial charge is 0.489 e. The Morgan fingerprint density at radius 2 is 2.07 bits per heavy atom. The van der Waals surface area contributed by atoms with E-state index in [0.29, 0.717) is 29.5 Å². The van der Waals surface area contributed by atoms with Gasteiger partial charge in [-0.05, 0) is 65.2 Å². The topological polar surface area (TPSA) is 56.2 Å². The Morgan fingerprint density at radius 1 is 1.25 bits per heavy atom. The summed E-state index contributed by atoms with van der Waals surface area (Å²) in [6.45, 7) is 3.65. The lowest BCUT2D eigenvalue weighted by Crippen LogP contribution is -2.25. The number of aryl methyl sites for hydroxylation is 2. The number of carbonyl (C=O) groups is 1. The minimum Gasteiger partial charge on any atom is -0.489 e. The summed E-state index contributed by atoms with van der Waals surface area (Å²) in [5.74, 6) is 0.602. The summed E-state index contributed by atoms with van der Waals surface area (Å²) < 4.78 is 8.61. The summed E-state index contributed by atoms with van der Waals surface area (Å²) in [5.41, 5.74) is 2.50. The van der Waals surface area contributed by atoms with Crippen LogP contribution in [-0.2, 0) is 13.2 Å². The fourth-order valence-corrected chi connectivity index (χ4v) is 3.17. The zero-order valence-electron chi connectivity index (χ0n) is 15.5. The van der Waals surface area contributed by atoms with Crippen molar-refractivity contribution >= 4 is 33.4 Å². The molecule has 1 aromatic heterocycles. The van der Waals surface area contributed by atoms with Gasteiger partial charge in [0, 0.05) is 29.9 Å². The van der Waals surface area contributed by atoms with Gasteiger partial charge in [0.05, 0.1) is 10.2 Å². The average molecular weight is 463 g/mol. The van der Waals surface area contributed by atoms with Crippen molar-refractivity contribution in [3.05, 3.63) is 81.0 Å². The summed E-state index contributed by atoms with van der Waals surface area (Å²) >= 11 is 9.41. The predicted molar refractivity (Wildman–Crippen MR) is 114 cm³/mol. The molecule has 0 aliphatic heterocycles. The van der Waals surface area contributed by atoms with Gasteiger partial charge in [-0.2, -0.15) is 5.10 Å². The molecule has 1 heterocycles. The average Bonchev–Trinajstić information content (AvgIpc) is 3.01. The number of nitrogens with one attached hydrogen (secondary N) is 1. The first-order valence-corrected chi connectivity index (χ1v) is 10.1. The second kappa shape index (κ2) is 9.75. The van der Waals surface area contributed by atoms with Gasteiger partial charge in [-0.1, -0.05) is 29.8 Å². The van der Waals surface area contributed by atoms with Gasteiger partial charge in [0.25, 0.3) is 5.91 Å². The highest BCUT2D eigenvalue weighted by atomic mass is 79.9. The van der Waals surface area contributed by atoms with Crippen LogP contribution < -0.4 is 10.1 Å². The van der Waals surface area contributed by atoms with E-state index in [2.05, 4.69) is 26.3 Å². The molecule has 0 unspecified atom stereocenters. The third kappa shape index (κ3) is 5.84. The van der Waals surface area contributed by atoms with E-state index in [1.807, 2.05) is 48.1 Å². The van der Waals surface area contributed by atoms with Gasteiger partial charge in [-0.15, -0.1) is 0 Å². The maximum atomic E-state index is 12.4. The van der Waals surface area contributed by atoms with Gasteiger partial charge in [0.2, 0.25) is 0 Å². The minimum absolute atomic E-state index is 0.0950. The van der Waals surface area contributed by atoms with E-state index >= 15 is 0 Å². The van der Waals surface area contributed by atoms with Crippen molar-refractivity contribution in [2.45, 2.75) is 26.5 Å². The number of aromatic nitrogens is 2. The van der Waals surface area contributed by atoms with E-state index in [1.165, 1.54) is 0 Å². The summed E-state index contributed by atoms with van der Waals surface area (Å²) in [4.78, 5) is 12.4. The molecule has 1 amide bonds. The number of hydrogen-bond donors (Lipinski definition) is 1. The van der Waals surface area contributed by atoms with Crippen LogP contribution in [0.4, 0.5) is 0 Å². The van der Waals surface area contributed by atoms with Crippen molar-refractivity contribution in [1.82, 2.24) is 15.1 Å². The molecule has 1 N–H and O–H groups in total. The molecular weight excluding hydrogens is 442 g/mol. The molecule has 0 saturated heterocycles. The Balaban J connectivity index is 1.47. The predicted octanol–water partition coefficient (Wildman–Crippen LogP) is 5.01. The second-order valence-electron chi connectivity index (χ2n) is 6.38. The molecule has 3 rings (SSSR count). The van der Waals surface area contributed by atoms with Crippen LogP contribution >= 0.6 is 27.5 Å². The third-order valence-corrected chi connectivity index (χ3v) is 5.14. The van der Waals surface area contributed by atoms with Crippen LogP contribution in [0.1, 0.15) is 28.0 Å². The molecule has 7 heteroatoms. The molecule has 0 spiro atoms. The van der Waals surface area contributed by atoms with E-state index in [0.717, 1.165) is 28.7 Å². The Labute approximate surface area is 177 Å². The zero-order valence-corrected chi connectivity index (χ0v) is 17.8. The summed E-state index contributed by atoms with van der Waals surface area (Å²) in [6.07, 6.45) is 2.75. The van der Waals surface area contributed by atoms with Crippen LogP contribution in [0, 0.1) is 6.92 Å². The lowest BCUT2D eigenvalue weighted by atomic mass is 10.1. The van der Waals surface area contributed by atoms with E-state index in [4.69, 9.17) is 16.3 Å². The van der Waals surface area contributed by atoms with Gasteiger partial charge in [-0.25, -0.2) is 0 Å². The Bertz CT molecular complexity index is 939. The molecule has 0 radical (unpaired) electrons. The molecule has 0 aliphatic rings. The van der Waals surface area contributed by atoms with Gasteiger partial charge in [-0.3, -0.25) is 9.48 Å². The first-order valence-electron chi connectivity index (χ1n) is 8.96. The molecule has 5 nitrogen and oxygen atoms in total. The van der Waals surface area contributed by atoms with Gasteiger partial charge in [0.1, 0.15) is 12.4 Å². The fourth-order valence-electron chi connectivity index (χ4n) is 2.68. The number of rotatable bonds is 8. The highest BCUT2D eigenvalue weighted by Gasteiger charge is 2.07. The highest BCUT2D eigenvalue weighted by molar-refractivity contribution is 9.10. The first kappa shape index (κ1) is 20.4. The van der Waals surface area contributed by atoms with Crippen molar-refractivity contribution in [1.29, 1.82) is 0 Å². The van der Waals surface area contributed by atoms with Crippen LogP contribution in [0.2, 0.25) is 5.02 Å². The maximum absolute atomic E-state index is 12.4. The second-order valence-corrected chi connectivity index (χ2v) is 7.67. The quantitative estimate of drug-likeness (QED) is 0.479. The van der Waals surface area contributed by atoms with Crippen LogP contribution in [-0.4, -0.2) is 22.2 Å². The molecular formula is C21H21BrClN3O2. The van der Waals surface area contributed by atoms with E-state index in [9.17, 15) is 4.79 Å².